The van der Waals surface area contributed by atoms with E-state index in [1.807, 2.05) is 4.90 Å². The molecule has 0 spiro atoms. The largest absolute Gasteiger partial charge is 0.343 e. The number of carbonyl (C=O) groups excluding carboxylic acids is 2. The van der Waals surface area contributed by atoms with Gasteiger partial charge >= 0.3 is 6.03 Å². The fourth-order valence-electron chi connectivity index (χ4n) is 2.56. The number of sulfone groups is 1. The molecule has 3 amide bonds. The number of rotatable bonds is 5. The average Bonchev–Trinajstić information content (AvgIpc) is 2.91. The predicted octanol–water partition coefficient (Wildman–Crippen LogP) is -0.515. The van der Waals surface area contributed by atoms with Gasteiger partial charge in [0, 0.05) is 32.1 Å². The zero-order chi connectivity index (χ0) is 14.6. The maximum atomic E-state index is 11.6. The molecule has 0 unspecified atom stereocenters. The summed E-state index contributed by atoms with van der Waals surface area (Å²) in [4.78, 5) is 24.7. The van der Waals surface area contributed by atoms with E-state index in [2.05, 4.69) is 10.6 Å². The van der Waals surface area contributed by atoms with E-state index >= 15 is 0 Å². The number of hydrogen-bond acceptors (Lipinski definition) is 4. The highest BCUT2D eigenvalue weighted by Crippen LogP contribution is 2.11. The van der Waals surface area contributed by atoms with Crippen LogP contribution in [0.4, 0.5) is 4.79 Å². The summed E-state index contributed by atoms with van der Waals surface area (Å²) in [5, 5.41) is 5.35. The minimum atomic E-state index is -2.97. The van der Waals surface area contributed by atoms with Gasteiger partial charge in [-0.3, -0.25) is 4.79 Å². The minimum absolute atomic E-state index is 0.0305. The van der Waals surface area contributed by atoms with E-state index in [9.17, 15) is 18.0 Å². The lowest BCUT2D eigenvalue weighted by Crippen LogP contribution is -2.43. The molecule has 1 atom stereocenters. The highest BCUT2D eigenvalue weighted by molar-refractivity contribution is 7.91. The normalized spacial score (nSPS) is 24.9. The number of likely N-dealkylation sites (tertiary alicyclic amines) is 1. The first kappa shape index (κ1) is 15.1. The van der Waals surface area contributed by atoms with Crippen LogP contribution in [0.3, 0.4) is 0 Å². The Hall–Kier alpha value is -1.31. The molecular weight excluding hydrogens is 282 g/mol. The summed E-state index contributed by atoms with van der Waals surface area (Å²) in [6, 6.07) is -0.611. The van der Waals surface area contributed by atoms with Gasteiger partial charge in [-0.1, -0.05) is 0 Å². The summed E-state index contributed by atoms with van der Waals surface area (Å²) in [6.45, 7) is 1.96. The zero-order valence-corrected chi connectivity index (χ0v) is 12.2. The van der Waals surface area contributed by atoms with Crippen LogP contribution in [-0.4, -0.2) is 62.4 Å². The average molecular weight is 303 g/mol. The first-order valence-electron chi connectivity index (χ1n) is 6.99. The number of nitrogens with zero attached hydrogens (tertiary/aromatic N) is 1. The van der Waals surface area contributed by atoms with Gasteiger partial charge in [0.1, 0.15) is 0 Å². The fraction of sp³-hybridized carbons (Fsp3) is 0.833. The van der Waals surface area contributed by atoms with Crippen LogP contribution in [0.1, 0.15) is 25.7 Å². The first-order valence-corrected chi connectivity index (χ1v) is 8.81. The van der Waals surface area contributed by atoms with Gasteiger partial charge in [0.2, 0.25) is 5.91 Å². The third-order valence-electron chi connectivity index (χ3n) is 3.63. The number of amides is 3. The Morgan fingerprint density at radius 3 is 2.80 bits per heavy atom. The Labute approximate surface area is 119 Å². The Morgan fingerprint density at radius 1 is 1.40 bits per heavy atom. The van der Waals surface area contributed by atoms with E-state index in [0.717, 1.165) is 13.0 Å². The van der Waals surface area contributed by atoms with Gasteiger partial charge in [-0.05, 0) is 19.3 Å². The number of nitrogens with one attached hydrogen (secondary N) is 2. The highest BCUT2D eigenvalue weighted by atomic mass is 32.2. The molecule has 0 aromatic rings. The van der Waals surface area contributed by atoms with Gasteiger partial charge in [0.15, 0.2) is 9.84 Å². The minimum Gasteiger partial charge on any atom is -0.343 e. The summed E-state index contributed by atoms with van der Waals surface area (Å²) in [5.74, 6) is 0.364. The Morgan fingerprint density at radius 2 is 2.20 bits per heavy atom. The predicted molar refractivity (Wildman–Crippen MR) is 74.0 cm³/mol. The van der Waals surface area contributed by atoms with Crippen molar-refractivity contribution in [2.45, 2.75) is 31.7 Å². The van der Waals surface area contributed by atoms with Crippen molar-refractivity contribution in [3.05, 3.63) is 0 Å². The lowest BCUT2D eigenvalue weighted by molar-refractivity contribution is -0.127. The molecule has 20 heavy (non-hydrogen) atoms. The topological polar surface area (TPSA) is 95.6 Å². The van der Waals surface area contributed by atoms with Crippen molar-refractivity contribution >= 4 is 21.8 Å². The van der Waals surface area contributed by atoms with Gasteiger partial charge in [-0.25, -0.2) is 13.2 Å². The molecule has 2 N–H and O–H groups in total. The third-order valence-corrected chi connectivity index (χ3v) is 5.40. The first-order chi connectivity index (χ1) is 9.46. The summed E-state index contributed by atoms with van der Waals surface area (Å²) in [6.07, 6.45) is 2.74. The fourth-order valence-corrected chi connectivity index (χ4v) is 4.23. The van der Waals surface area contributed by atoms with E-state index in [1.54, 1.807) is 0 Å². The molecule has 2 rings (SSSR count). The molecule has 2 aliphatic heterocycles. The van der Waals surface area contributed by atoms with Crippen molar-refractivity contribution in [1.29, 1.82) is 0 Å². The molecule has 0 radical (unpaired) electrons. The molecule has 0 aromatic carbocycles. The molecule has 2 heterocycles. The molecule has 0 aromatic heterocycles. The zero-order valence-electron chi connectivity index (χ0n) is 11.4. The number of carbonyl (C=O) groups is 2. The SMILES string of the molecule is O=C(NCCCN1CCCC1=O)N[C@@H]1CCS(=O)(=O)C1. The Bertz CT molecular complexity index is 477. The van der Waals surface area contributed by atoms with Crippen molar-refractivity contribution in [3.8, 4) is 0 Å². The van der Waals surface area contributed by atoms with Crippen molar-refractivity contribution in [1.82, 2.24) is 15.5 Å². The monoisotopic (exact) mass is 303 g/mol. The summed E-state index contributed by atoms with van der Waals surface area (Å²) in [5.41, 5.74) is 0. The van der Waals surface area contributed by atoms with E-state index < -0.39 is 9.84 Å². The molecular formula is C12H21N3O4S. The maximum Gasteiger partial charge on any atom is 0.315 e. The number of urea groups is 1. The van der Waals surface area contributed by atoms with E-state index in [1.165, 1.54) is 0 Å². The van der Waals surface area contributed by atoms with Crippen LogP contribution in [0.15, 0.2) is 0 Å². The summed E-state index contributed by atoms with van der Waals surface area (Å²) < 4.78 is 22.5. The number of hydrogen-bond donors (Lipinski definition) is 2. The van der Waals surface area contributed by atoms with Crippen molar-refractivity contribution in [3.63, 3.8) is 0 Å². The second kappa shape index (κ2) is 6.43. The van der Waals surface area contributed by atoms with Gasteiger partial charge in [0.05, 0.1) is 11.5 Å². The molecule has 0 saturated carbocycles. The van der Waals surface area contributed by atoms with Crippen LogP contribution in [0.5, 0.6) is 0 Å². The van der Waals surface area contributed by atoms with E-state index in [0.29, 0.717) is 32.4 Å². The molecule has 2 fully saturated rings. The maximum absolute atomic E-state index is 11.6. The van der Waals surface area contributed by atoms with Crippen molar-refractivity contribution in [2.24, 2.45) is 0 Å². The highest BCUT2D eigenvalue weighted by Gasteiger charge is 2.28. The van der Waals surface area contributed by atoms with Gasteiger partial charge in [0.25, 0.3) is 0 Å². The third kappa shape index (κ3) is 4.36. The van der Waals surface area contributed by atoms with E-state index in [4.69, 9.17) is 0 Å². The quantitative estimate of drug-likeness (QED) is 0.668. The smallest absolute Gasteiger partial charge is 0.315 e. The van der Waals surface area contributed by atoms with Crippen LogP contribution in [0.25, 0.3) is 0 Å². The molecule has 2 aliphatic rings. The van der Waals surface area contributed by atoms with Crippen LogP contribution < -0.4 is 10.6 Å². The van der Waals surface area contributed by atoms with E-state index in [-0.39, 0.29) is 29.5 Å². The lowest BCUT2D eigenvalue weighted by atomic mass is 10.3. The molecule has 0 aliphatic carbocycles. The second-order valence-electron chi connectivity index (χ2n) is 5.34. The lowest BCUT2D eigenvalue weighted by Gasteiger charge is -2.16. The second-order valence-corrected chi connectivity index (χ2v) is 7.57. The molecule has 8 heteroatoms. The van der Waals surface area contributed by atoms with Crippen molar-refractivity contribution < 1.29 is 18.0 Å². The van der Waals surface area contributed by atoms with Crippen LogP contribution >= 0.6 is 0 Å². The van der Waals surface area contributed by atoms with Crippen LogP contribution in [0, 0.1) is 0 Å². The van der Waals surface area contributed by atoms with Crippen molar-refractivity contribution in [2.75, 3.05) is 31.1 Å². The molecule has 0 bridgehead atoms. The Balaban J connectivity index is 1.57. The van der Waals surface area contributed by atoms with Crippen LogP contribution in [-0.2, 0) is 14.6 Å². The molecule has 114 valence electrons. The van der Waals surface area contributed by atoms with Gasteiger partial charge in [-0.15, -0.1) is 0 Å². The van der Waals surface area contributed by atoms with Gasteiger partial charge in [-0.2, -0.15) is 0 Å². The standard InChI is InChI=1S/C12H21N3O4S/c16-11-3-1-6-15(11)7-2-5-13-12(17)14-10-4-8-20(18,19)9-10/h10H,1-9H2,(H2,13,14,17)/t10-/m1/s1. The summed E-state index contributed by atoms with van der Waals surface area (Å²) >= 11 is 0. The molecule has 2 saturated heterocycles. The van der Waals surface area contributed by atoms with Crippen LogP contribution in [0.2, 0.25) is 0 Å². The Kier molecular flexibility index (Phi) is 4.85. The summed E-state index contributed by atoms with van der Waals surface area (Å²) in [7, 11) is -2.97. The van der Waals surface area contributed by atoms with Gasteiger partial charge < -0.3 is 15.5 Å². The molecule has 7 nitrogen and oxygen atoms in total.